The molecule has 0 radical (unpaired) electrons. The van der Waals surface area contributed by atoms with Crippen molar-refractivity contribution in [2.75, 3.05) is 26.2 Å². The number of halogens is 1. The quantitative estimate of drug-likeness (QED) is 0.266. The van der Waals surface area contributed by atoms with Crippen LogP contribution in [0.15, 0.2) is 4.99 Å². The van der Waals surface area contributed by atoms with Crippen molar-refractivity contribution in [3.8, 4) is 0 Å². The van der Waals surface area contributed by atoms with Gasteiger partial charge in [0.25, 0.3) is 0 Å². The van der Waals surface area contributed by atoms with Crippen LogP contribution in [-0.2, 0) is 0 Å². The molecular weight excluding hydrogens is 375 g/mol. The molecule has 21 heavy (non-hydrogen) atoms. The summed E-state index contributed by atoms with van der Waals surface area (Å²) in [6.07, 6.45) is 3.88. The van der Waals surface area contributed by atoms with Gasteiger partial charge in [-0.25, -0.2) is 0 Å². The summed E-state index contributed by atoms with van der Waals surface area (Å²) < 4.78 is 0. The summed E-state index contributed by atoms with van der Waals surface area (Å²) in [5.74, 6) is 1.84. The predicted octanol–water partition coefficient (Wildman–Crippen LogP) is 3.08. The van der Waals surface area contributed by atoms with Gasteiger partial charge >= 0.3 is 0 Å². The number of nitrogens with one attached hydrogen (secondary N) is 2. The number of aliphatic imine (C=N–C) groups is 1. The number of hydrogen-bond donors (Lipinski definition) is 2. The minimum absolute atomic E-state index is 0. The Kier molecular flexibility index (Phi) is 11.5. The molecule has 0 aromatic carbocycles. The van der Waals surface area contributed by atoms with Crippen LogP contribution in [0, 0.1) is 5.92 Å². The standard InChI is InChI=1S/C16H34N4.HI/c1-6-17-16(19-12-15-8-9-15)18-10-7-11-20(13(2)3)14(4)5;/h13-15H,6-12H2,1-5H3,(H2,17,18,19);1H. The van der Waals surface area contributed by atoms with E-state index in [1.807, 2.05) is 0 Å². The van der Waals surface area contributed by atoms with Crippen molar-refractivity contribution < 1.29 is 0 Å². The zero-order chi connectivity index (χ0) is 15.0. The Balaban J connectivity index is 0.00000400. The van der Waals surface area contributed by atoms with Crippen molar-refractivity contribution >= 4 is 29.9 Å². The molecular formula is C16H35IN4. The van der Waals surface area contributed by atoms with Gasteiger partial charge in [0.1, 0.15) is 0 Å². The molecule has 0 atom stereocenters. The number of guanidine groups is 1. The molecule has 0 aromatic heterocycles. The van der Waals surface area contributed by atoms with Crippen molar-refractivity contribution in [1.29, 1.82) is 0 Å². The van der Waals surface area contributed by atoms with Crippen molar-refractivity contribution in [3.63, 3.8) is 0 Å². The first-order chi connectivity index (χ1) is 9.54. The van der Waals surface area contributed by atoms with Crippen LogP contribution in [0.2, 0.25) is 0 Å². The van der Waals surface area contributed by atoms with E-state index in [2.05, 4.69) is 55.1 Å². The summed E-state index contributed by atoms with van der Waals surface area (Å²) in [5.41, 5.74) is 0. The Bertz CT molecular complexity index is 280. The van der Waals surface area contributed by atoms with E-state index in [4.69, 9.17) is 0 Å². The average molecular weight is 410 g/mol. The molecule has 0 bridgehead atoms. The third-order valence-electron chi connectivity index (χ3n) is 3.76. The molecule has 0 amide bonds. The lowest BCUT2D eigenvalue weighted by atomic mass is 10.2. The van der Waals surface area contributed by atoms with Crippen LogP contribution in [0.5, 0.6) is 0 Å². The number of hydrogen-bond acceptors (Lipinski definition) is 2. The summed E-state index contributed by atoms with van der Waals surface area (Å²) in [7, 11) is 0. The Morgan fingerprint density at radius 3 is 2.24 bits per heavy atom. The molecule has 1 saturated carbocycles. The second-order valence-electron chi connectivity index (χ2n) is 6.37. The van der Waals surface area contributed by atoms with E-state index in [-0.39, 0.29) is 24.0 Å². The molecule has 0 saturated heterocycles. The summed E-state index contributed by atoms with van der Waals surface area (Å²) in [4.78, 5) is 7.18. The minimum atomic E-state index is 0. The van der Waals surface area contributed by atoms with Crippen LogP contribution >= 0.6 is 24.0 Å². The van der Waals surface area contributed by atoms with Crippen LogP contribution in [0.1, 0.15) is 53.9 Å². The number of nitrogens with zero attached hydrogens (tertiary/aromatic N) is 2. The molecule has 1 rings (SSSR count). The Hall–Kier alpha value is -0.0400. The molecule has 0 unspecified atom stereocenters. The largest absolute Gasteiger partial charge is 0.357 e. The molecule has 1 aliphatic carbocycles. The van der Waals surface area contributed by atoms with E-state index < -0.39 is 0 Å². The van der Waals surface area contributed by atoms with Gasteiger partial charge in [-0.05, 0) is 59.8 Å². The van der Waals surface area contributed by atoms with E-state index in [0.29, 0.717) is 12.1 Å². The molecule has 5 heteroatoms. The third kappa shape index (κ3) is 9.55. The Morgan fingerprint density at radius 2 is 1.76 bits per heavy atom. The molecule has 4 nitrogen and oxygen atoms in total. The van der Waals surface area contributed by atoms with Gasteiger partial charge in [-0.15, -0.1) is 24.0 Å². The summed E-state index contributed by atoms with van der Waals surface area (Å²) >= 11 is 0. The Labute approximate surface area is 148 Å². The molecule has 0 aromatic rings. The van der Waals surface area contributed by atoms with E-state index in [9.17, 15) is 0 Å². The average Bonchev–Trinajstić information content (AvgIpc) is 3.18. The smallest absolute Gasteiger partial charge is 0.191 e. The van der Waals surface area contributed by atoms with Crippen LogP contribution in [0.4, 0.5) is 0 Å². The molecule has 2 N–H and O–H groups in total. The van der Waals surface area contributed by atoms with Gasteiger partial charge in [0.15, 0.2) is 5.96 Å². The first kappa shape index (κ1) is 21.0. The first-order valence-corrected chi connectivity index (χ1v) is 8.32. The highest BCUT2D eigenvalue weighted by Crippen LogP contribution is 2.28. The fourth-order valence-electron chi connectivity index (χ4n) is 2.44. The lowest BCUT2D eigenvalue weighted by Crippen LogP contribution is -2.41. The summed E-state index contributed by atoms with van der Waals surface area (Å²) in [6.45, 7) is 15.3. The fourth-order valence-corrected chi connectivity index (χ4v) is 2.44. The topological polar surface area (TPSA) is 39.7 Å². The molecule has 1 aliphatic rings. The monoisotopic (exact) mass is 410 g/mol. The van der Waals surface area contributed by atoms with Gasteiger partial charge < -0.3 is 10.6 Å². The molecule has 1 fully saturated rings. The summed E-state index contributed by atoms with van der Waals surface area (Å²) in [6, 6.07) is 1.23. The molecule has 0 heterocycles. The zero-order valence-corrected chi connectivity index (χ0v) is 16.8. The second kappa shape index (κ2) is 11.5. The van der Waals surface area contributed by atoms with Crippen molar-refractivity contribution in [3.05, 3.63) is 0 Å². The van der Waals surface area contributed by atoms with Gasteiger partial charge in [-0.3, -0.25) is 9.89 Å². The van der Waals surface area contributed by atoms with Crippen LogP contribution < -0.4 is 10.6 Å². The Morgan fingerprint density at radius 1 is 1.14 bits per heavy atom. The van der Waals surface area contributed by atoms with Crippen molar-refractivity contribution in [2.24, 2.45) is 10.9 Å². The first-order valence-electron chi connectivity index (χ1n) is 8.32. The fraction of sp³-hybridized carbons (Fsp3) is 0.938. The lowest BCUT2D eigenvalue weighted by Gasteiger charge is -2.30. The second-order valence-corrected chi connectivity index (χ2v) is 6.37. The van der Waals surface area contributed by atoms with Gasteiger partial charge in [0.05, 0.1) is 0 Å². The maximum Gasteiger partial charge on any atom is 0.191 e. The van der Waals surface area contributed by atoms with Gasteiger partial charge in [0, 0.05) is 38.3 Å². The SMILES string of the molecule is CCNC(=NCC1CC1)NCCCN(C(C)C)C(C)C.I. The van der Waals surface area contributed by atoms with Crippen molar-refractivity contribution in [2.45, 2.75) is 66.0 Å². The molecule has 0 aliphatic heterocycles. The van der Waals surface area contributed by atoms with E-state index in [1.165, 1.54) is 12.8 Å². The minimum Gasteiger partial charge on any atom is -0.357 e. The van der Waals surface area contributed by atoms with Crippen molar-refractivity contribution in [1.82, 2.24) is 15.5 Å². The normalized spacial score (nSPS) is 15.5. The maximum absolute atomic E-state index is 4.64. The highest BCUT2D eigenvalue weighted by atomic mass is 127. The van der Waals surface area contributed by atoms with Crippen LogP contribution in [0.25, 0.3) is 0 Å². The van der Waals surface area contributed by atoms with E-state index in [1.54, 1.807) is 0 Å². The van der Waals surface area contributed by atoms with Gasteiger partial charge in [-0.2, -0.15) is 0 Å². The lowest BCUT2D eigenvalue weighted by molar-refractivity contribution is 0.173. The maximum atomic E-state index is 4.64. The predicted molar refractivity (Wildman–Crippen MR) is 104 cm³/mol. The highest BCUT2D eigenvalue weighted by molar-refractivity contribution is 14.0. The molecule has 126 valence electrons. The van der Waals surface area contributed by atoms with Gasteiger partial charge in [-0.1, -0.05) is 0 Å². The summed E-state index contributed by atoms with van der Waals surface area (Å²) in [5, 5.41) is 6.77. The highest BCUT2D eigenvalue weighted by Gasteiger charge is 2.20. The van der Waals surface area contributed by atoms with Crippen LogP contribution in [0.3, 0.4) is 0 Å². The van der Waals surface area contributed by atoms with Gasteiger partial charge in [0.2, 0.25) is 0 Å². The van der Waals surface area contributed by atoms with Crippen LogP contribution in [-0.4, -0.2) is 49.1 Å². The van der Waals surface area contributed by atoms with E-state index in [0.717, 1.165) is 44.5 Å². The van der Waals surface area contributed by atoms with E-state index >= 15 is 0 Å². The zero-order valence-electron chi connectivity index (χ0n) is 14.5. The molecule has 0 spiro atoms. The third-order valence-corrected chi connectivity index (χ3v) is 3.76. The number of rotatable bonds is 9.